The molecule has 0 atom stereocenters. The average Bonchev–Trinajstić information content (AvgIpc) is 2.75. The van der Waals surface area contributed by atoms with Crippen LogP contribution in [0.3, 0.4) is 0 Å². The minimum Gasteiger partial charge on any atom is -0.489 e. The van der Waals surface area contributed by atoms with Gasteiger partial charge in [0, 0.05) is 6.07 Å². The van der Waals surface area contributed by atoms with Gasteiger partial charge in [0.1, 0.15) is 12.4 Å². The number of nitrogens with zero attached hydrogens (tertiary/aromatic N) is 1. The molecule has 2 amide bonds. The van der Waals surface area contributed by atoms with Gasteiger partial charge in [-0.15, -0.1) is 0 Å². The molecule has 0 radical (unpaired) electrons. The van der Waals surface area contributed by atoms with Crippen molar-refractivity contribution >= 4 is 11.8 Å². The number of ether oxygens (including phenoxy) is 1. The Morgan fingerprint density at radius 1 is 0.955 bits per heavy atom. The number of fused-ring (bicyclic) bond motifs is 1. The third-order valence-electron chi connectivity index (χ3n) is 3.34. The second kappa shape index (κ2) is 5.55. The lowest BCUT2D eigenvalue weighted by Gasteiger charge is -2.14. The molecular weight excluding hydrogens is 292 g/mol. The summed E-state index contributed by atoms with van der Waals surface area (Å²) in [4.78, 5) is 25.2. The summed E-state index contributed by atoms with van der Waals surface area (Å²) < 4.78 is 31.3. The van der Waals surface area contributed by atoms with Crippen LogP contribution in [0.25, 0.3) is 0 Å². The van der Waals surface area contributed by atoms with Crippen molar-refractivity contribution in [1.82, 2.24) is 4.90 Å². The van der Waals surface area contributed by atoms with E-state index in [4.69, 9.17) is 4.74 Å². The number of hydrogen-bond acceptors (Lipinski definition) is 3. The highest BCUT2D eigenvalue weighted by molar-refractivity contribution is 6.21. The first-order chi connectivity index (χ1) is 10.6. The van der Waals surface area contributed by atoms with Gasteiger partial charge in [-0.25, -0.2) is 8.78 Å². The monoisotopic (exact) mass is 303 g/mol. The Hall–Kier alpha value is -2.76. The Morgan fingerprint density at radius 3 is 2.18 bits per heavy atom. The summed E-state index contributed by atoms with van der Waals surface area (Å²) in [6.45, 7) is -0.0861. The van der Waals surface area contributed by atoms with Crippen molar-refractivity contribution in [3.63, 3.8) is 0 Å². The number of hydrogen-bond donors (Lipinski definition) is 0. The zero-order valence-electron chi connectivity index (χ0n) is 11.4. The molecule has 0 aromatic heterocycles. The van der Waals surface area contributed by atoms with Crippen LogP contribution in [0.15, 0.2) is 42.5 Å². The molecule has 2 aromatic rings. The highest BCUT2D eigenvalue weighted by Gasteiger charge is 2.34. The van der Waals surface area contributed by atoms with Gasteiger partial charge in [-0.2, -0.15) is 0 Å². The zero-order valence-corrected chi connectivity index (χ0v) is 11.4. The molecule has 4 nitrogen and oxygen atoms in total. The summed E-state index contributed by atoms with van der Waals surface area (Å²) in [5.74, 6) is -2.46. The standard InChI is InChI=1S/C16H11F2NO3/c17-10-5-6-14(13(18)9-10)22-8-7-19-15(20)11-3-1-2-4-12(11)16(19)21/h1-6,9H,7-8H2. The van der Waals surface area contributed by atoms with Crippen LogP contribution in [0, 0.1) is 11.6 Å². The van der Waals surface area contributed by atoms with Gasteiger partial charge in [-0.1, -0.05) is 12.1 Å². The molecule has 0 saturated carbocycles. The first-order valence-corrected chi connectivity index (χ1v) is 6.61. The smallest absolute Gasteiger partial charge is 0.261 e. The van der Waals surface area contributed by atoms with E-state index in [0.717, 1.165) is 17.0 Å². The third kappa shape index (κ3) is 2.43. The van der Waals surface area contributed by atoms with Crippen LogP contribution < -0.4 is 4.74 Å². The van der Waals surface area contributed by atoms with E-state index in [1.54, 1.807) is 24.3 Å². The largest absolute Gasteiger partial charge is 0.489 e. The molecule has 0 unspecified atom stereocenters. The fourth-order valence-electron chi connectivity index (χ4n) is 2.28. The molecule has 22 heavy (non-hydrogen) atoms. The summed E-state index contributed by atoms with van der Waals surface area (Å²) in [7, 11) is 0. The first kappa shape index (κ1) is 14.2. The predicted molar refractivity (Wildman–Crippen MR) is 73.7 cm³/mol. The van der Waals surface area contributed by atoms with Crippen molar-refractivity contribution in [2.24, 2.45) is 0 Å². The van der Waals surface area contributed by atoms with Gasteiger partial charge in [-0.05, 0) is 24.3 Å². The fraction of sp³-hybridized carbons (Fsp3) is 0.125. The maximum Gasteiger partial charge on any atom is 0.261 e. The fourth-order valence-corrected chi connectivity index (χ4v) is 2.28. The summed E-state index contributed by atoms with van der Waals surface area (Å²) in [6, 6.07) is 9.45. The van der Waals surface area contributed by atoms with E-state index in [1.807, 2.05) is 0 Å². The number of benzene rings is 2. The van der Waals surface area contributed by atoms with E-state index in [9.17, 15) is 18.4 Å². The van der Waals surface area contributed by atoms with Gasteiger partial charge in [0.05, 0.1) is 17.7 Å². The molecule has 0 fully saturated rings. The summed E-state index contributed by atoms with van der Waals surface area (Å²) >= 11 is 0. The molecule has 1 aliphatic heterocycles. The predicted octanol–water partition coefficient (Wildman–Crippen LogP) is 2.64. The summed E-state index contributed by atoms with van der Waals surface area (Å²) in [6.07, 6.45) is 0. The SMILES string of the molecule is O=C1c2ccccc2C(=O)N1CCOc1ccc(F)cc1F. The van der Waals surface area contributed by atoms with Crippen molar-refractivity contribution in [1.29, 1.82) is 0 Å². The normalized spacial score (nSPS) is 13.5. The maximum absolute atomic E-state index is 13.4. The number of carbonyl (C=O) groups is 2. The topological polar surface area (TPSA) is 46.6 Å². The minimum absolute atomic E-state index is 0.0108. The lowest BCUT2D eigenvalue weighted by Crippen LogP contribution is -2.33. The highest BCUT2D eigenvalue weighted by atomic mass is 19.1. The van der Waals surface area contributed by atoms with Crippen LogP contribution in [-0.2, 0) is 0 Å². The van der Waals surface area contributed by atoms with Crippen LogP contribution in [-0.4, -0.2) is 29.9 Å². The molecule has 3 rings (SSSR count). The first-order valence-electron chi connectivity index (χ1n) is 6.61. The lowest BCUT2D eigenvalue weighted by molar-refractivity contribution is 0.0630. The Morgan fingerprint density at radius 2 is 1.59 bits per heavy atom. The molecule has 112 valence electrons. The molecule has 6 heteroatoms. The molecule has 0 aliphatic carbocycles. The van der Waals surface area contributed by atoms with E-state index in [0.29, 0.717) is 17.2 Å². The number of rotatable bonds is 4. The summed E-state index contributed by atoms with van der Waals surface area (Å²) in [5.41, 5.74) is 0.695. The maximum atomic E-state index is 13.4. The zero-order chi connectivity index (χ0) is 15.7. The molecular formula is C16H11F2NO3. The van der Waals surface area contributed by atoms with Crippen molar-refractivity contribution in [3.05, 3.63) is 65.2 Å². The molecule has 1 heterocycles. The van der Waals surface area contributed by atoms with E-state index >= 15 is 0 Å². The second-order valence-corrected chi connectivity index (χ2v) is 4.73. The Bertz CT molecular complexity index is 726. The van der Waals surface area contributed by atoms with Crippen molar-refractivity contribution < 1.29 is 23.1 Å². The van der Waals surface area contributed by atoms with Crippen LogP contribution in [0.4, 0.5) is 8.78 Å². The number of halogens is 2. The van der Waals surface area contributed by atoms with Gasteiger partial charge < -0.3 is 4.74 Å². The molecule has 0 N–H and O–H groups in total. The van der Waals surface area contributed by atoms with Crippen molar-refractivity contribution in [3.8, 4) is 5.75 Å². The number of amides is 2. The van der Waals surface area contributed by atoms with E-state index in [-0.39, 0.29) is 18.9 Å². The van der Waals surface area contributed by atoms with E-state index in [1.165, 1.54) is 0 Å². The van der Waals surface area contributed by atoms with Crippen LogP contribution in [0.5, 0.6) is 5.75 Å². The minimum atomic E-state index is -0.831. The van der Waals surface area contributed by atoms with Crippen LogP contribution >= 0.6 is 0 Å². The Kier molecular flexibility index (Phi) is 3.58. The Balaban J connectivity index is 1.66. The second-order valence-electron chi connectivity index (χ2n) is 4.73. The third-order valence-corrected chi connectivity index (χ3v) is 3.34. The van der Waals surface area contributed by atoms with Gasteiger partial charge in [0.2, 0.25) is 0 Å². The lowest BCUT2D eigenvalue weighted by atomic mass is 10.1. The van der Waals surface area contributed by atoms with Gasteiger partial charge in [0.25, 0.3) is 11.8 Å². The van der Waals surface area contributed by atoms with Gasteiger partial charge >= 0.3 is 0 Å². The molecule has 1 aliphatic rings. The van der Waals surface area contributed by atoms with E-state index in [2.05, 4.69) is 0 Å². The Labute approximate surface area is 124 Å². The highest BCUT2D eigenvalue weighted by Crippen LogP contribution is 2.22. The molecule has 0 spiro atoms. The van der Waals surface area contributed by atoms with Crippen LogP contribution in [0.1, 0.15) is 20.7 Å². The number of carbonyl (C=O) groups excluding carboxylic acids is 2. The quantitative estimate of drug-likeness (QED) is 0.816. The molecule has 0 saturated heterocycles. The molecule has 2 aromatic carbocycles. The van der Waals surface area contributed by atoms with Gasteiger partial charge in [-0.3, -0.25) is 14.5 Å². The van der Waals surface area contributed by atoms with Crippen molar-refractivity contribution in [2.75, 3.05) is 13.2 Å². The van der Waals surface area contributed by atoms with Crippen LogP contribution in [0.2, 0.25) is 0 Å². The number of imide groups is 1. The average molecular weight is 303 g/mol. The van der Waals surface area contributed by atoms with E-state index < -0.39 is 23.4 Å². The molecule has 0 bridgehead atoms. The summed E-state index contributed by atoms with van der Waals surface area (Å²) in [5, 5.41) is 0. The van der Waals surface area contributed by atoms with Gasteiger partial charge in [0.15, 0.2) is 11.6 Å². The van der Waals surface area contributed by atoms with Crippen molar-refractivity contribution in [2.45, 2.75) is 0 Å².